The van der Waals surface area contributed by atoms with E-state index in [1.807, 2.05) is 32.4 Å². The normalized spacial score (nSPS) is 11.9. The molecule has 1 aromatic rings. The Kier molecular flexibility index (Phi) is 5.56. The molecule has 5 heteroatoms. The molecular formula is C14H23ClN2O2. The van der Waals surface area contributed by atoms with Crippen LogP contribution < -0.4 is 0 Å². The molecule has 0 aliphatic rings. The van der Waals surface area contributed by atoms with Crippen molar-refractivity contribution < 1.29 is 9.53 Å². The van der Waals surface area contributed by atoms with E-state index >= 15 is 0 Å². The molecule has 0 fully saturated rings. The molecule has 1 rings (SSSR count). The van der Waals surface area contributed by atoms with Crippen molar-refractivity contribution in [2.24, 2.45) is 0 Å². The fourth-order valence-electron chi connectivity index (χ4n) is 1.98. The molecule has 19 heavy (non-hydrogen) atoms. The summed E-state index contributed by atoms with van der Waals surface area (Å²) in [5.41, 5.74) is 1.24. The first-order valence-electron chi connectivity index (χ1n) is 6.65. The van der Waals surface area contributed by atoms with Crippen LogP contribution in [0.2, 0.25) is 5.02 Å². The summed E-state index contributed by atoms with van der Waals surface area (Å²) in [6, 6.07) is 0. The number of carbonyl (C=O) groups is 1. The summed E-state index contributed by atoms with van der Waals surface area (Å²) in [6.45, 7) is 8.53. The van der Waals surface area contributed by atoms with Gasteiger partial charge < -0.3 is 4.74 Å². The standard InChI is InChI=1S/C14H23ClN2O2/c1-6-11-13(15)12(17(7-2)16-11)8-10(18)9-14(3,4)19-5/h6-9H2,1-5H3. The van der Waals surface area contributed by atoms with Gasteiger partial charge in [-0.2, -0.15) is 5.10 Å². The van der Waals surface area contributed by atoms with E-state index in [0.29, 0.717) is 17.9 Å². The van der Waals surface area contributed by atoms with Crippen molar-refractivity contribution in [1.82, 2.24) is 9.78 Å². The van der Waals surface area contributed by atoms with Crippen LogP contribution in [0.4, 0.5) is 0 Å². The van der Waals surface area contributed by atoms with Crippen molar-refractivity contribution in [1.29, 1.82) is 0 Å². The second-order valence-corrected chi connectivity index (χ2v) is 5.61. The van der Waals surface area contributed by atoms with Gasteiger partial charge in [0.15, 0.2) is 0 Å². The van der Waals surface area contributed by atoms with Gasteiger partial charge in [-0.25, -0.2) is 0 Å². The molecule has 0 spiro atoms. The van der Waals surface area contributed by atoms with Gasteiger partial charge in [-0.1, -0.05) is 18.5 Å². The zero-order chi connectivity index (χ0) is 14.6. The van der Waals surface area contributed by atoms with Crippen LogP contribution in [-0.2, 0) is 28.9 Å². The van der Waals surface area contributed by atoms with Gasteiger partial charge in [0.2, 0.25) is 0 Å². The number of ether oxygens (including phenoxy) is 1. The number of methoxy groups -OCH3 is 1. The number of Topliss-reactive ketones (excluding diaryl/α,β-unsaturated/α-hetero) is 1. The summed E-state index contributed by atoms with van der Waals surface area (Å²) >= 11 is 6.29. The second kappa shape index (κ2) is 6.53. The Morgan fingerprint density at radius 2 is 2.05 bits per heavy atom. The van der Waals surface area contributed by atoms with Gasteiger partial charge in [-0.15, -0.1) is 0 Å². The molecule has 0 aliphatic heterocycles. The van der Waals surface area contributed by atoms with Crippen molar-refractivity contribution in [3.63, 3.8) is 0 Å². The van der Waals surface area contributed by atoms with Crippen molar-refractivity contribution in [3.05, 3.63) is 16.4 Å². The maximum atomic E-state index is 12.1. The molecule has 4 nitrogen and oxygen atoms in total. The molecule has 0 bridgehead atoms. The van der Waals surface area contributed by atoms with Crippen LogP contribution in [0.3, 0.4) is 0 Å². The van der Waals surface area contributed by atoms with E-state index in [4.69, 9.17) is 16.3 Å². The van der Waals surface area contributed by atoms with Crippen LogP contribution in [0, 0.1) is 0 Å². The summed E-state index contributed by atoms with van der Waals surface area (Å²) in [6.07, 6.45) is 1.46. The number of carbonyl (C=O) groups excluding carboxylic acids is 1. The van der Waals surface area contributed by atoms with Crippen LogP contribution in [0.5, 0.6) is 0 Å². The second-order valence-electron chi connectivity index (χ2n) is 5.23. The Labute approximate surface area is 120 Å². The third-order valence-electron chi connectivity index (χ3n) is 3.23. The number of aromatic nitrogens is 2. The average molecular weight is 287 g/mol. The first-order chi connectivity index (χ1) is 8.84. The minimum absolute atomic E-state index is 0.117. The van der Waals surface area contributed by atoms with Gasteiger partial charge in [-0.3, -0.25) is 9.48 Å². The van der Waals surface area contributed by atoms with Gasteiger partial charge in [0, 0.05) is 26.5 Å². The number of hydrogen-bond acceptors (Lipinski definition) is 3. The summed E-state index contributed by atoms with van der Waals surface area (Å²) in [5.74, 6) is 0.117. The Morgan fingerprint density at radius 3 is 2.53 bits per heavy atom. The molecule has 1 heterocycles. The molecule has 0 aliphatic carbocycles. The molecule has 0 amide bonds. The third kappa shape index (κ3) is 4.05. The smallest absolute Gasteiger partial charge is 0.141 e. The predicted octanol–water partition coefficient (Wildman–Crippen LogP) is 3.05. The monoisotopic (exact) mass is 286 g/mol. The number of halogens is 1. The lowest BCUT2D eigenvalue weighted by Gasteiger charge is -2.21. The summed E-state index contributed by atoms with van der Waals surface area (Å²) < 4.78 is 7.10. The number of aryl methyl sites for hydroxylation is 2. The number of nitrogens with zero attached hydrogens (tertiary/aromatic N) is 2. The van der Waals surface area contributed by atoms with Gasteiger partial charge >= 0.3 is 0 Å². The fraction of sp³-hybridized carbons (Fsp3) is 0.714. The lowest BCUT2D eigenvalue weighted by Crippen LogP contribution is -2.27. The van der Waals surface area contributed by atoms with Crippen LogP contribution in [0.25, 0.3) is 0 Å². The van der Waals surface area contributed by atoms with Crippen molar-refractivity contribution in [2.45, 2.75) is 59.1 Å². The molecular weight excluding hydrogens is 264 g/mol. The maximum absolute atomic E-state index is 12.1. The van der Waals surface area contributed by atoms with Crippen LogP contribution >= 0.6 is 11.6 Å². The van der Waals surface area contributed by atoms with Gasteiger partial charge in [0.1, 0.15) is 5.78 Å². The SMILES string of the molecule is CCc1nn(CC)c(CC(=O)CC(C)(C)OC)c1Cl. The first kappa shape index (κ1) is 16.2. The van der Waals surface area contributed by atoms with E-state index in [-0.39, 0.29) is 5.78 Å². The van der Waals surface area contributed by atoms with E-state index in [9.17, 15) is 4.79 Å². The lowest BCUT2D eigenvalue weighted by molar-refractivity contribution is -0.123. The number of hydrogen-bond donors (Lipinski definition) is 0. The van der Waals surface area contributed by atoms with E-state index in [1.54, 1.807) is 7.11 Å². The van der Waals surface area contributed by atoms with Crippen molar-refractivity contribution >= 4 is 17.4 Å². The zero-order valence-corrected chi connectivity index (χ0v) is 13.2. The molecule has 0 N–H and O–H groups in total. The minimum atomic E-state index is -0.436. The molecule has 0 aromatic carbocycles. The van der Waals surface area contributed by atoms with E-state index in [2.05, 4.69) is 5.10 Å². The fourth-order valence-corrected chi connectivity index (χ4v) is 2.32. The Bertz CT molecular complexity index is 453. The quantitative estimate of drug-likeness (QED) is 0.774. The molecule has 0 unspecified atom stereocenters. The maximum Gasteiger partial charge on any atom is 0.141 e. The molecule has 108 valence electrons. The van der Waals surface area contributed by atoms with Crippen molar-refractivity contribution in [2.75, 3.05) is 7.11 Å². The van der Waals surface area contributed by atoms with Gasteiger partial charge in [0.05, 0.1) is 22.0 Å². The van der Waals surface area contributed by atoms with Crippen LogP contribution in [0.15, 0.2) is 0 Å². The van der Waals surface area contributed by atoms with E-state index < -0.39 is 5.60 Å². The van der Waals surface area contributed by atoms with Gasteiger partial charge in [-0.05, 0) is 27.2 Å². The highest BCUT2D eigenvalue weighted by molar-refractivity contribution is 6.32. The van der Waals surface area contributed by atoms with Crippen LogP contribution in [0.1, 0.15) is 45.5 Å². The predicted molar refractivity (Wildman–Crippen MR) is 76.7 cm³/mol. The average Bonchev–Trinajstić information content (AvgIpc) is 2.65. The highest BCUT2D eigenvalue weighted by Crippen LogP contribution is 2.24. The summed E-state index contributed by atoms with van der Waals surface area (Å²) in [7, 11) is 1.62. The van der Waals surface area contributed by atoms with E-state index in [1.165, 1.54) is 0 Å². The minimum Gasteiger partial charge on any atom is -0.378 e. The zero-order valence-electron chi connectivity index (χ0n) is 12.4. The highest BCUT2D eigenvalue weighted by Gasteiger charge is 2.23. The summed E-state index contributed by atoms with van der Waals surface area (Å²) in [4.78, 5) is 12.1. The summed E-state index contributed by atoms with van der Waals surface area (Å²) in [5, 5.41) is 5.05. The Morgan fingerprint density at radius 1 is 1.42 bits per heavy atom. The van der Waals surface area contributed by atoms with Gasteiger partial charge in [0.25, 0.3) is 0 Å². The molecule has 0 saturated heterocycles. The number of ketones is 1. The van der Waals surface area contributed by atoms with E-state index in [0.717, 1.165) is 24.4 Å². The van der Waals surface area contributed by atoms with Crippen LogP contribution in [-0.4, -0.2) is 28.3 Å². The lowest BCUT2D eigenvalue weighted by atomic mass is 9.99. The Hall–Kier alpha value is -0.870. The Balaban J connectivity index is 2.87. The largest absolute Gasteiger partial charge is 0.378 e. The first-order valence-corrected chi connectivity index (χ1v) is 7.03. The molecule has 1 aromatic heterocycles. The van der Waals surface area contributed by atoms with Crippen molar-refractivity contribution in [3.8, 4) is 0 Å². The molecule has 0 radical (unpaired) electrons. The number of rotatable bonds is 7. The molecule has 0 saturated carbocycles. The topological polar surface area (TPSA) is 44.1 Å². The third-order valence-corrected chi connectivity index (χ3v) is 3.67. The molecule has 0 atom stereocenters. The highest BCUT2D eigenvalue weighted by atomic mass is 35.5.